The van der Waals surface area contributed by atoms with Gasteiger partial charge in [-0.25, -0.2) is 4.98 Å². The zero-order chi connectivity index (χ0) is 22.2. The van der Waals surface area contributed by atoms with Gasteiger partial charge in [-0.2, -0.15) is 0 Å². The molecular formula is C23H25N3O5. The van der Waals surface area contributed by atoms with E-state index < -0.39 is 0 Å². The number of carbonyl (C=O) groups is 1. The minimum absolute atomic E-state index is 0.141. The molecule has 1 heterocycles. The van der Waals surface area contributed by atoms with Crippen LogP contribution in [-0.4, -0.2) is 55.3 Å². The molecule has 8 heteroatoms. The van der Waals surface area contributed by atoms with Gasteiger partial charge in [0.15, 0.2) is 0 Å². The summed E-state index contributed by atoms with van der Waals surface area (Å²) in [4.78, 5) is 34.1. The molecule has 2 aromatic carbocycles. The summed E-state index contributed by atoms with van der Waals surface area (Å²) in [7, 11) is 4.70. The average Bonchev–Trinajstić information content (AvgIpc) is 2.80. The topological polar surface area (TPSA) is 93.8 Å². The van der Waals surface area contributed by atoms with Crippen LogP contribution in [0.25, 0.3) is 17.0 Å². The van der Waals surface area contributed by atoms with Gasteiger partial charge in [0.2, 0.25) is 5.91 Å². The van der Waals surface area contributed by atoms with Gasteiger partial charge in [0.25, 0.3) is 5.56 Å². The van der Waals surface area contributed by atoms with Crippen molar-refractivity contribution in [2.75, 3.05) is 34.5 Å². The molecule has 1 aromatic heterocycles. The van der Waals surface area contributed by atoms with E-state index in [0.717, 1.165) is 0 Å². The molecule has 162 valence electrons. The van der Waals surface area contributed by atoms with Crippen LogP contribution in [0.5, 0.6) is 11.5 Å². The Morgan fingerprint density at radius 3 is 2.68 bits per heavy atom. The van der Waals surface area contributed by atoms with Gasteiger partial charge in [-0.15, -0.1) is 0 Å². The van der Waals surface area contributed by atoms with E-state index in [-0.39, 0.29) is 18.0 Å². The smallest absolute Gasteiger partial charge is 0.258 e. The van der Waals surface area contributed by atoms with Crippen LogP contribution >= 0.6 is 0 Å². The molecule has 0 aliphatic heterocycles. The van der Waals surface area contributed by atoms with E-state index in [1.54, 1.807) is 68.7 Å². The molecule has 1 amide bonds. The molecule has 1 N–H and O–H groups in total. The van der Waals surface area contributed by atoms with Crippen LogP contribution in [0.4, 0.5) is 0 Å². The Labute approximate surface area is 180 Å². The molecule has 0 radical (unpaired) electrons. The van der Waals surface area contributed by atoms with Gasteiger partial charge in [0, 0.05) is 25.3 Å². The molecule has 0 bridgehead atoms. The highest BCUT2D eigenvalue weighted by Gasteiger charge is 2.14. The first kappa shape index (κ1) is 22.0. The van der Waals surface area contributed by atoms with Crippen LogP contribution < -0.4 is 15.0 Å². The monoisotopic (exact) mass is 423 g/mol. The number of rotatable bonds is 9. The predicted molar refractivity (Wildman–Crippen MR) is 118 cm³/mol. The van der Waals surface area contributed by atoms with Gasteiger partial charge in [0.05, 0.1) is 38.3 Å². The second kappa shape index (κ2) is 10.4. The third kappa shape index (κ3) is 5.49. The standard InChI is InChI=1S/C23H25N3O5/c1-29-13-12-26(15-21-24-19-7-5-4-6-18(19)23(28)25-21)22(27)11-8-16-14-17(30-2)9-10-20(16)31-3/h4-11,14H,12-13,15H2,1-3H3,(H,24,25,28)/b11-8+. The summed E-state index contributed by atoms with van der Waals surface area (Å²) in [6.45, 7) is 0.827. The normalized spacial score (nSPS) is 11.1. The van der Waals surface area contributed by atoms with Gasteiger partial charge in [-0.3, -0.25) is 9.59 Å². The average molecular weight is 423 g/mol. The molecule has 0 saturated heterocycles. The number of nitrogens with zero attached hydrogens (tertiary/aromatic N) is 2. The van der Waals surface area contributed by atoms with Gasteiger partial charge >= 0.3 is 0 Å². The Hall–Kier alpha value is -3.65. The van der Waals surface area contributed by atoms with Crippen LogP contribution in [0.1, 0.15) is 11.4 Å². The van der Waals surface area contributed by atoms with E-state index in [1.165, 1.54) is 6.08 Å². The number of carbonyl (C=O) groups excluding carboxylic acids is 1. The fourth-order valence-corrected chi connectivity index (χ4v) is 3.10. The highest BCUT2D eigenvalue weighted by Crippen LogP contribution is 2.25. The van der Waals surface area contributed by atoms with Gasteiger partial charge in [-0.05, 0) is 36.4 Å². The second-order valence-corrected chi connectivity index (χ2v) is 6.72. The Morgan fingerprint density at radius 1 is 1.13 bits per heavy atom. The van der Waals surface area contributed by atoms with Crippen molar-refractivity contribution in [1.29, 1.82) is 0 Å². The second-order valence-electron chi connectivity index (χ2n) is 6.72. The lowest BCUT2D eigenvalue weighted by atomic mass is 10.1. The summed E-state index contributed by atoms with van der Waals surface area (Å²) in [5.74, 6) is 1.43. The molecule has 31 heavy (non-hydrogen) atoms. The van der Waals surface area contributed by atoms with Crippen LogP contribution in [0, 0.1) is 0 Å². The molecule has 0 spiro atoms. The number of amides is 1. The Morgan fingerprint density at radius 2 is 1.94 bits per heavy atom. The number of aromatic nitrogens is 2. The maximum absolute atomic E-state index is 12.9. The summed E-state index contributed by atoms with van der Waals surface area (Å²) >= 11 is 0. The zero-order valence-electron chi connectivity index (χ0n) is 17.8. The largest absolute Gasteiger partial charge is 0.497 e. The van der Waals surface area contributed by atoms with E-state index in [2.05, 4.69) is 9.97 Å². The summed E-state index contributed by atoms with van der Waals surface area (Å²) < 4.78 is 15.7. The molecule has 0 atom stereocenters. The summed E-state index contributed by atoms with van der Waals surface area (Å²) in [6, 6.07) is 12.4. The van der Waals surface area contributed by atoms with E-state index in [1.807, 2.05) is 6.07 Å². The summed E-state index contributed by atoms with van der Waals surface area (Å²) in [5.41, 5.74) is 1.05. The van der Waals surface area contributed by atoms with E-state index in [4.69, 9.17) is 14.2 Å². The van der Waals surface area contributed by atoms with Crippen molar-refractivity contribution in [2.24, 2.45) is 0 Å². The number of hydrogen-bond acceptors (Lipinski definition) is 6. The third-order valence-corrected chi connectivity index (χ3v) is 4.72. The van der Waals surface area contributed by atoms with E-state index in [9.17, 15) is 9.59 Å². The number of aromatic amines is 1. The molecule has 0 aliphatic carbocycles. The van der Waals surface area contributed by atoms with Crippen molar-refractivity contribution in [1.82, 2.24) is 14.9 Å². The highest BCUT2D eigenvalue weighted by molar-refractivity contribution is 5.92. The minimum atomic E-state index is -0.252. The SMILES string of the molecule is COCCN(Cc1nc2ccccc2c(=O)[nH]1)C(=O)/C=C/c1cc(OC)ccc1OC. The first-order valence-electron chi connectivity index (χ1n) is 9.71. The fourth-order valence-electron chi connectivity index (χ4n) is 3.10. The Kier molecular flexibility index (Phi) is 7.40. The van der Waals surface area contributed by atoms with Gasteiger partial charge < -0.3 is 24.1 Å². The fraction of sp³-hybridized carbons (Fsp3) is 0.261. The Balaban J connectivity index is 1.85. The van der Waals surface area contributed by atoms with Crippen molar-refractivity contribution in [2.45, 2.75) is 6.54 Å². The number of methoxy groups -OCH3 is 3. The first-order valence-corrected chi connectivity index (χ1v) is 9.71. The number of ether oxygens (including phenoxy) is 3. The predicted octanol–water partition coefficient (Wildman–Crippen LogP) is 2.63. The lowest BCUT2D eigenvalue weighted by molar-refractivity contribution is -0.127. The maximum Gasteiger partial charge on any atom is 0.258 e. The molecular weight excluding hydrogens is 398 g/mol. The molecule has 0 unspecified atom stereocenters. The molecule has 3 rings (SSSR count). The van der Waals surface area contributed by atoms with Gasteiger partial charge in [0.1, 0.15) is 17.3 Å². The first-order chi connectivity index (χ1) is 15.0. The third-order valence-electron chi connectivity index (χ3n) is 4.72. The quantitative estimate of drug-likeness (QED) is 0.532. The van der Waals surface area contributed by atoms with E-state index in [0.29, 0.717) is 46.9 Å². The maximum atomic E-state index is 12.9. The van der Waals surface area contributed by atoms with Crippen LogP contribution in [0.2, 0.25) is 0 Å². The molecule has 8 nitrogen and oxygen atoms in total. The van der Waals surface area contributed by atoms with Crippen molar-refractivity contribution in [3.63, 3.8) is 0 Å². The van der Waals surface area contributed by atoms with Crippen molar-refractivity contribution >= 4 is 22.9 Å². The summed E-state index contributed by atoms with van der Waals surface area (Å²) in [5, 5.41) is 0.506. The minimum Gasteiger partial charge on any atom is -0.497 e. The zero-order valence-corrected chi connectivity index (χ0v) is 17.8. The molecule has 3 aromatic rings. The Bertz CT molecular complexity index is 1140. The van der Waals surface area contributed by atoms with Crippen LogP contribution in [-0.2, 0) is 16.1 Å². The lowest BCUT2D eigenvalue weighted by Crippen LogP contribution is -2.33. The lowest BCUT2D eigenvalue weighted by Gasteiger charge is -2.20. The molecule has 0 fully saturated rings. The van der Waals surface area contributed by atoms with E-state index >= 15 is 0 Å². The number of hydrogen-bond donors (Lipinski definition) is 1. The van der Waals surface area contributed by atoms with Crippen LogP contribution in [0.3, 0.4) is 0 Å². The highest BCUT2D eigenvalue weighted by atomic mass is 16.5. The van der Waals surface area contributed by atoms with Crippen LogP contribution in [0.15, 0.2) is 53.3 Å². The van der Waals surface area contributed by atoms with Crippen molar-refractivity contribution < 1.29 is 19.0 Å². The number of para-hydroxylation sites is 1. The number of fused-ring (bicyclic) bond motifs is 1. The van der Waals surface area contributed by atoms with Gasteiger partial charge in [-0.1, -0.05) is 12.1 Å². The number of nitrogens with one attached hydrogen (secondary N) is 1. The number of benzene rings is 2. The molecule has 0 saturated carbocycles. The van der Waals surface area contributed by atoms with Crippen molar-refractivity contribution in [3.05, 3.63) is 70.3 Å². The summed E-state index contributed by atoms with van der Waals surface area (Å²) in [6.07, 6.45) is 3.12. The molecule has 0 aliphatic rings. The van der Waals surface area contributed by atoms with Crippen molar-refractivity contribution in [3.8, 4) is 11.5 Å². The number of H-pyrrole nitrogens is 1.